The SMILES string of the molecule is c1ccc(N2CCOC(CN3CCC(n4cncn4)CC3)C2)cc1. The summed E-state index contributed by atoms with van der Waals surface area (Å²) in [6, 6.07) is 11.2. The van der Waals surface area contributed by atoms with Crippen molar-refractivity contribution in [3.63, 3.8) is 0 Å². The molecule has 2 aromatic rings. The molecule has 1 unspecified atom stereocenters. The molecule has 3 heterocycles. The van der Waals surface area contributed by atoms with Crippen molar-refractivity contribution in [2.75, 3.05) is 44.2 Å². The van der Waals surface area contributed by atoms with Crippen molar-refractivity contribution in [2.45, 2.75) is 25.0 Å². The molecule has 4 rings (SSSR count). The highest BCUT2D eigenvalue weighted by molar-refractivity contribution is 5.46. The van der Waals surface area contributed by atoms with Gasteiger partial charge in [0.2, 0.25) is 0 Å². The molecule has 0 amide bonds. The average Bonchev–Trinajstić information content (AvgIpc) is 3.18. The Balaban J connectivity index is 1.28. The van der Waals surface area contributed by atoms with Gasteiger partial charge in [-0.2, -0.15) is 5.10 Å². The number of aromatic nitrogens is 3. The third-order valence-electron chi connectivity index (χ3n) is 5.09. The van der Waals surface area contributed by atoms with E-state index in [0.29, 0.717) is 12.1 Å². The summed E-state index contributed by atoms with van der Waals surface area (Å²) in [5.41, 5.74) is 1.30. The molecule has 0 saturated carbocycles. The number of hydrogen-bond donors (Lipinski definition) is 0. The molecule has 1 aromatic carbocycles. The van der Waals surface area contributed by atoms with Crippen molar-refractivity contribution in [2.24, 2.45) is 0 Å². The van der Waals surface area contributed by atoms with E-state index < -0.39 is 0 Å². The number of rotatable bonds is 4. The first-order chi connectivity index (χ1) is 11.9. The molecule has 2 aliphatic heterocycles. The summed E-state index contributed by atoms with van der Waals surface area (Å²) in [5.74, 6) is 0. The van der Waals surface area contributed by atoms with Gasteiger partial charge in [-0.1, -0.05) is 18.2 Å². The minimum Gasteiger partial charge on any atom is -0.373 e. The third-order valence-corrected chi connectivity index (χ3v) is 5.09. The summed E-state index contributed by atoms with van der Waals surface area (Å²) < 4.78 is 8.03. The zero-order valence-corrected chi connectivity index (χ0v) is 14.0. The van der Waals surface area contributed by atoms with E-state index in [2.05, 4.69) is 50.2 Å². The third kappa shape index (κ3) is 3.60. The second-order valence-electron chi connectivity index (χ2n) is 6.68. The average molecular weight is 327 g/mol. The lowest BCUT2D eigenvalue weighted by Gasteiger charge is -2.39. The van der Waals surface area contributed by atoms with Crippen LogP contribution in [0.2, 0.25) is 0 Å². The van der Waals surface area contributed by atoms with E-state index in [1.54, 1.807) is 6.33 Å². The van der Waals surface area contributed by atoms with Crippen LogP contribution in [0, 0.1) is 0 Å². The van der Waals surface area contributed by atoms with Gasteiger partial charge in [-0.05, 0) is 25.0 Å². The topological polar surface area (TPSA) is 46.4 Å². The van der Waals surface area contributed by atoms with E-state index in [0.717, 1.165) is 52.2 Å². The fraction of sp³-hybridized carbons (Fsp3) is 0.556. The number of likely N-dealkylation sites (tertiary alicyclic amines) is 1. The Labute approximate surface area is 143 Å². The van der Waals surface area contributed by atoms with E-state index in [1.165, 1.54) is 5.69 Å². The minimum absolute atomic E-state index is 0.293. The molecule has 1 aromatic heterocycles. The molecule has 0 bridgehead atoms. The molecular formula is C18H25N5O. The van der Waals surface area contributed by atoms with Gasteiger partial charge in [0.25, 0.3) is 0 Å². The van der Waals surface area contributed by atoms with Crippen molar-refractivity contribution < 1.29 is 4.74 Å². The summed E-state index contributed by atoms with van der Waals surface area (Å²) in [7, 11) is 0. The summed E-state index contributed by atoms with van der Waals surface area (Å²) in [6.07, 6.45) is 6.03. The Bertz CT molecular complexity index is 610. The van der Waals surface area contributed by atoms with Crippen LogP contribution in [0.4, 0.5) is 5.69 Å². The molecule has 0 radical (unpaired) electrons. The molecule has 24 heavy (non-hydrogen) atoms. The van der Waals surface area contributed by atoms with Crippen molar-refractivity contribution in [1.29, 1.82) is 0 Å². The van der Waals surface area contributed by atoms with Crippen LogP contribution in [0.25, 0.3) is 0 Å². The van der Waals surface area contributed by atoms with Crippen molar-refractivity contribution in [1.82, 2.24) is 19.7 Å². The monoisotopic (exact) mass is 327 g/mol. The Morgan fingerprint density at radius 1 is 1.08 bits per heavy atom. The molecule has 2 aliphatic rings. The fourth-order valence-electron chi connectivity index (χ4n) is 3.76. The van der Waals surface area contributed by atoms with Gasteiger partial charge in [-0.25, -0.2) is 9.67 Å². The van der Waals surface area contributed by atoms with Crippen LogP contribution in [-0.4, -0.2) is 65.1 Å². The van der Waals surface area contributed by atoms with Gasteiger partial charge in [0.05, 0.1) is 18.8 Å². The largest absolute Gasteiger partial charge is 0.373 e. The first-order valence-corrected chi connectivity index (χ1v) is 8.86. The number of hydrogen-bond acceptors (Lipinski definition) is 5. The van der Waals surface area contributed by atoms with Crippen LogP contribution in [0.5, 0.6) is 0 Å². The van der Waals surface area contributed by atoms with E-state index >= 15 is 0 Å². The van der Waals surface area contributed by atoms with Crippen LogP contribution < -0.4 is 4.90 Å². The van der Waals surface area contributed by atoms with E-state index in [9.17, 15) is 0 Å². The maximum atomic E-state index is 6.02. The summed E-state index contributed by atoms with van der Waals surface area (Å²) in [4.78, 5) is 9.03. The highest BCUT2D eigenvalue weighted by Crippen LogP contribution is 2.23. The Morgan fingerprint density at radius 2 is 1.92 bits per heavy atom. The molecule has 0 spiro atoms. The van der Waals surface area contributed by atoms with E-state index in [-0.39, 0.29) is 0 Å². The standard InChI is InChI=1S/C18H25N5O/c1-2-4-16(5-3-1)22-10-11-24-18(13-22)12-21-8-6-17(7-9-21)23-15-19-14-20-23/h1-5,14-15,17-18H,6-13H2. The first-order valence-electron chi connectivity index (χ1n) is 8.86. The number of piperidine rings is 1. The number of ether oxygens (including phenoxy) is 1. The lowest BCUT2D eigenvalue weighted by atomic mass is 10.0. The predicted molar refractivity (Wildman–Crippen MR) is 93.1 cm³/mol. The molecule has 0 aliphatic carbocycles. The second-order valence-corrected chi connectivity index (χ2v) is 6.68. The fourth-order valence-corrected chi connectivity index (χ4v) is 3.76. The maximum absolute atomic E-state index is 6.02. The lowest BCUT2D eigenvalue weighted by Crippen LogP contribution is -2.49. The zero-order valence-electron chi connectivity index (χ0n) is 14.0. The molecular weight excluding hydrogens is 302 g/mol. The van der Waals surface area contributed by atoms with Gasteiger partial charge in [0, 0.05) is 38.4 Å². The van der Waals surface area contributed by atoms with E-state index in [1.807, 2.05) is 11.0 Å². The minimum atomic E-state index is 0.293. The van der Waals surface area contributed by atoms with Crippen LogP contribution >= 0.6 is 0 Å². The van der Waals surface area contributed by atoms with Crippen molar-refractivity contribution in [3.05, 3.63) is 43.0 Å². The van der Waals surface area contributed by atoms with Crippen LogP contribution in [-0.2, 0) is 4.74 Å². The molecule has 1 atom stereocenters. The molecule has 6 nitrogen and oxygen atoms in total. The van der Waals surface area contributed by atoms with Crippen molar-refractivity contribution in [3.8, 4) is 0 Å². The van der Waals surface area contributed by atoms with Crippen LogP contribution in [0.15, 0.2) is 43.0 Å². The molecule has 128 valence electrons. The number of anilines is 1. The second kappa shape index (κ2) is 7.32. The number of morpholine rings is 1. The summed E-state index contributed by atoms with van der Waals surface area (Å²) in [5, 5.41) is 4.28. The molecule has 6 heteroatoms. The molecule has 2 saturated heterocycles. The summed E-state index contributed by atoms with van der Waals surface area (Å²) >= 11 is 0. The highest BCUT2D eigenvalue weighted by atomic mass is 16.5. The number of benzene rings is 1. The van der Waals surface area contributed by atoms with Gasteiger partial charge in [-0.15, -0.1) is 0 Å². The molecule has 2 fully saturated rings. The van der Waals surface area contributed by atoms with Crippen LogP contribution in [0.3, 0.4) is 0 Å². The first kappa shape index (κ1) is 15.6. The predicted octanol–water partition coefficient (Wildman–Crippen LogP) is 1.82. The lowest BCUT2D eigenvalue weighted by molar-refractivity contribution is 0.00886. The smallest absolute Gasteiger partial charge is 0.137 e. The number of nitrogens with zero attached hydrogens (tertiary/aromatic N) is 5. The van der Waals surface area contributed by atoms with Crippen molar-refractivity contribution >= 4 is 5.69 Å². The quantitative estimate of drug-likeness (QED) is 0.857. The van der Waals surface area contributed by atoms with Gasteiger partial charge < -0.3 is 14.5 Å². The zero-order chi connectivity index (χ0) is 16.2. The Morgan fingerprint density at radius 3 is 2.67 bits per heavy atom. The van der Waals surface area contributed by atoms with Gasteiger partial charge in [-0.3, -0.25) is 0 Å². The van der Waals surface area contributed by atoms with Crippen LogP contribution in [0.1, 0.15) is 18.9 Å². The maximum Gasteiger partial charge on any atom is 0.137 e. The Hall–Kier alpha value is -1.92. The number of para-hydroxylation sites is 1. The normalized spacial score (nSPS) is 23.5. The molecule has 0 N–H and O–H groups in total. The van der Waals surface area contributed by atoms with Gasteiger partial charge in [0.15, 0.2) is 0 Å². The highest BCUT2D eigenvalue weighted by Gasteiger charge is 2.26. The van der Waals surface area contributed by atoms with E-state index in [4.69, 9.17) is 4.74 Å². The van der Waals surface area contributed by atoms with Gasteiger partial charge >= 0.3 is 0 Å². The van der Waals surface area contributed by atoms with Gasteiger partial charge in [0.1, 0.15) is 12.7 Å². The Kier molecular flexibility index (Phi) is 4.76. The summed E-state index contributed by atoms with van der Waals surface area (Å²) in [6.45, 7) is 6.01.